The number of carboxylic acid groups (broad SMARTS) is 1. The fourth-order valence-electron chi connectivity index (χ4n) is 1.59. The van der Waals surface area contributed by atoms with Crippen LogP contribution in [0.2, 0.25) is 0 Å². The molecule has 17 heavy (non-hydrogen) atoms. The molecular weight excluding hydrogens is 262 g/mol. The number of carboxylic acids is 1. The molecule has 1 saturated heterocycles. The highest BCUT2D eigenvalue weighted by Gasteiger charge is 2.39. The van der Waals surface area contributed by atoms with Crippen LogP contribution in [0.4, 0.5) is 0 Å². The second kappa shape index (κ2) is 4.67. The zero-order valence-corrected chi connectivity index (χ0v) is 10.4. The van der Waals surface area contributed by atoms with Crippen molar-refractivity contribution in [2.75, 3.05) is 11.6 Å². The van der Waals surface area contributed by atoms with Crippen molar-refractivity contribution in [3.63, 3.8) is 0 Å². The molecule has 5 nitrogen and oxygen atoms in total. The molecule has 1 aromatic rings. The fourth-order valence-corrected chi connectivity index (χ4v) is 4.74. The molecule has 0 saturated carbocycles. The van der Waals surface area contributed by atoms with Crippen LogP contribution in [-0.4, -0.2) is 41.5 Å². The van der Waals surface area contributed by atoms with Crippen molar-refractivity contribution in [2.45, 2.75) is 10.9 Å². The highest BCUT2D eigenvalue weighted by atomic mass is 32.2. The number of hydrogen-bond donors (Lipinski definition) is 1. The number of sulfonamides is 1. The fraction of sp³-hybridized carbons (Fsp3) is 0.300. The largest absolute Gasteiger partial charge is 0.480 e. The molecule has 0 aliphatic carbocycles. The number of hydrogen-bond acceptors (Lipinski definition) is 4. The molecule has 0 spiro atoms. The van der Waals surface area contributed by atoms with E-state index in [0.29, 0.717) is 5.75 Å². The van der Waals surface area contributed by atoms with Gasteiger partial charge in [-0.15, -0.1) is 11.8 Å². The standard InChI is InChI=1S/C10H11NO4S2/c12-10(13)9-6-16-7-11(9)17(14,15)8-4-2-1-3-5-8/h1-5,9H,6-7H2,(H,12,13)/t9-/m1/s1. The van der Waals surface area contributed by atoms with Gasteiger partial charge in [-0.1, -0.05) is 18.2 Å². The van der Waals surface area contributed by atoms with E-state index in [1.54, 1.807) is 18.2 Å². The molecule has 1 aliphatic rings. The number of nitrogens with zero attached hydrogens (tertiary/aromatic N) is 1. The molecule has 92 valence electrons. The van der Waals surface area contributed by atoms with Gasteiger partial charge in [-0.25, -0.2) is 8.42 Å². The summed E-state index contributed by atoms with van der Waals surface area (Å²) in [5.74, 6) is -0.621. The zero-order chi connectivity index (χ0) is 12.5. The summed E-state index contributed by atoms with van der Waals surface area (Å²) < 4.78 is 25.4. The maximum atomic E-state index is 12.2. The molecule has 1 fully saturated rings. The Morgan fingerprint density at radius 2 is 2.00 bits per heavy atom. The lowest BCUT2D eigenvalue weighted by atomic mass is 10.4. The number of rotatable bonds is 3. The van der Waals surface area contributed by atoms with E-state index in [-0.39, 0.29) is 10.8 Å². The van der Waals surface area contributed by atoms with Crippen LogP contribution in [0.1, 0.15) is 0 Å². The number of benzene rings is 1. The van der Waals surface area contributed by atoms with Crippen LogP contribution in [0.25, 0.3) is 0 Å². The van der Waals surface area contributed by atoms with E-state index in [1.807, 2.05) is 0 Å². The molecule has 0 unspecified atom stereocenters. The molecule has 1 heterocycles. The van der Waals surface area contributed by atoms with Crippen LogP contribution in [0, 0.1) is 0 Å². The zero-order valence-electron chi connectivity index (χ0n) is 8.81. The van der Waals surface area contributed by atoms with Gasteiger partial charge in [0, 0.05) is 5.75 Å². The number of thioether (sulfide) groups is 1. The summed E-state index contributed by atoms with van der Waals surface area (Å²) in [6.45, 7) is 0. The quantitative estimate of drug-likeness (QED) is 0.883. The summed E-state index contributed by atoms with van der Waals surface area (Å²) >= 11 is 1.31. The molecule has 0 radical (unpaired) electrons. The predicted molar refractivity (Wildman–Crippen MR) is 64.2 cm³/mol. The Hall–Kier alpha value is -1.05. The van der Waals surface area contributed by atoms with Crippen molar-refractivity contribution in [3.05, 3.63) is 30.3 Å². The van der Waals surface area contributed by atoms with Crippen LogP contribution >= 0.6 is 11.8 Å². The topological polar surface area (TPSA) is 74.7 Å². The van der Waals surface area contributed by atoms with E-state index in [1.165, 1.54) is 23.9 Å². The average molecular weight is 273 g/mol. The van der Waals surface area contributed by atoms with Gasteiger partial charge < -0.3 is 5.11 Å². The van der Waals surface area contributed by atoms with Crippen LogP contribution in [0.3, 0.4) is 0 Å². The Morgan fingerprint density at radius 1 is 1.35 bits per heavy atom. The second-order valence-corrected chi connectivity index (χ2v) is 6.45. The van der Waals surface area contributed by atoms with Crippen molar-refractivity contribution in [3.8, 4) is 0 Å². The van der Waals surface area contributed by atoms with Gasteiger partial charge in [0.2, 0.25) is 10.0 Å². The van der Waals surface area contributed by atoms with E-state index in [4.69, 9.17) is 5.11 Å². The summed E-state index contributed by atoms with van der Waals surface area (Å²) in [7, 11) is -3.70. The van der Waals surface area contributed by atoms with Gasteiger partial charge in [0.25, 0.3) is 0 Å². The molecule has 1 aliphatic heterocycles. The smallest absolute Gasteiger partial charge is 0.322 e. The van der Waals surface area contributed by atoms with Crippen LogP contribution in [0.5, 0.6) is 0 Å². The third-order valence-electron chi connectivity index (χ3n) is 2.48. The van der Waals surface area contributed by atoms with E-state index < -0.39 is 22.0 Å². The molecule has 0 bridgehead atoms. The Kier molecular flexibility index (Phi) is 3.41. The average Bonchev–Trinajstić information content (AvgIpc) is 2.80. The predicted octanol–water partition coefficient (Wildman–Crippen LogP) is 0.835. The van der Waals surface area contributed by atoms with Gasteiger partial charge in [-0.3, -0.25) is 4.79 Å². The molecule has 1 atom stereocenters. The lowest BCUT2D eigenvalue weighted by Gasteiger charge is -2.19. The first-order valence-corrected chi connectivity index (χ1v) is 7.50. The lowest BCUT2D eigenvalue weighted by Crippen LogP contribution is -2.41. The Balaban J connectivity index is 2.37. The first-order chi connectivity index (χ1) is 8.03. The van der Waals surface area contributed by atoms with Crippen LogP contribution < -0.4 is 0 Å². The molecule has 1 N–H and O–H groups in total. The first kappa shape index (κ1) is 12.4. The summed E-state index contributed by atoms with van der Waals surface area (Å²) in [5.41, 5.74) is 0. The summed E-state index contributed by atoms with van der Waals surface area (Å²) in [6, 6.07) is 6.92. The van der Waals surface area contributed by atoms with Crippen molar-refractivity contribution in [2.24, 2.45) is 0 Å². The number of aliphatic carboxylic acids is 1. The minimum atomic E-state index is -3.70. The second-order valence-electron chi connectivity index (χ2n) is 3.56. The third kappa shape index (κ3) is 2.31. The van der Waals surface area contributed by atoms with Gasteiger partial charge in [-0.2, -0.15) is 4.31 Å². The lowest BCUT2D eigenvalue weighted by molar-refractivity contribution is -0.140. The monoisotopic (exact) mass is 273 g/mol. The van der Waals surface area contributed by atoms with Crippen molar-refractivity contribution >= 4 is 27.8 Å². The third-order valence-corrected chi connectivity index (χ3v) is 5.52. The van der Waals surface area contributed by atoms with E-state index in [0.717, 1.165) is 4.31 Å². The van der Waals surface area contributed by atoms with Crippen molar-refractivity contribution in [1.29, 1.82) is 0 Å². The van der Waals surface area contributed by atoms with Crippen LogP contribution in [-0.2, 0) is 14.8 Å². The van der Waals surface area contributed by atoms with Crippen molar-refractivity contribution < 1.29 is 18.3 Å². The maximum Gasteiger partial charge on any atom is 0.322 e. The SMILES string of the molecule is O=C(O)[C@H]1CSCN1S(=O)(=O)c1ccccc1. The van der Waals surface area contributed by atoms with E-state index >= 15 is 0 Å². The van der Waals surface area contributed by atoms with E-state index in [2.05, 4.69) is 0 Å². The maximum absolute atomic E-state index is 12.2. The van der Waals surface area contributed by atoms with Gasteiger partial charge >= 0.3 is 5.97 Å². The normalized spacial score (nSPS) is 21.5. The highest BCUT2D eigenvalue weighted by Crippen LogP contribution is 2.28. The summed E-state index contributed by atoms with van der Waals surface area (Å²) in [6.07, 6.45) is 0. The molecule has 1 aromatic carbocycles. The highest BCUT2D eigenvalue weighted by molar-refractivity contribution is 8.00. The summed E-state index contributed by atoms with van der Waals surface area (Å²) in [4.78, 5) is 11.1. The van der Waals surface area contributed by atoms with Crippen molar-refractivity contribution in [1.82, 2.24) is 4.31 Å². The minimum Gasteiger partial charge on any atom is -0.480 e. The Morgan fingerprint density at radius 3 is 2.59 bits per heavy atom. The Labute approximate surface area is 103 Å². The van der Waals surface area contributed by atoms with Gasteiger partial charge in [-0.05, 0) is 12.1 Å². The first-order valence-electron chi connectivity index (χ1n) is 4.91. The van der Waals surface area contributed by atoms with E-state index in [9.17, 15) is 13.2 Å². The number of carbonyl (C=O) groups is 1. The molecule has 0 aromatic heterocycles. The van der Waals surface area contributed by atoms with Gasteiger partial charge in [0.05, 0.1) is 10.8 Å². The molecule has 2 rings (SSSR count). The Bertz CT molecular complexity index is 514. The molecule has 7 heteroatoms. The van der Waals surface area contributed by atoms with Gasteiger partial charge in [0.1, 0.15) is 6.04 Å². The molecule has 0 amide bonds. The molecular formula is C10H11NO4S2. The summed E-state index contributed by atoms with van der Waals surface area (Å²) in [5, 5.41) is 8.97. The van der Waals surface area contributed by atoms with Gasteiger partial charge in [0.15, 0.2) is 0 Å². The minimum absolute atomic E-state index is 0.133. The van der Waals surface area contributed by atoms with Crippen LogP contribution in [0.15, 0.2) is 35.2 Å².